The molecule has 1 N–H and O–H groups in total. The molecule has 0 heterocycles. The third-order valence-electron chi connectivity index (χ3n) is 3.18. The van der Waals surface area contributed by atoms with E-state index < -0.39 is 0 Å². The van der Waals surface area contributed by atoms with Gasteiger partial charge in [-0.25, -0.2) is 9.59 Å². The van der Waals surface area contributed by atoms with Crippen molar-refractivity contribution in [3.05, 3.63) is 72.8 Å². The molecule has 10 heteroatoms. The largest absolute Gasteiger partial charge is 0.450 e. The van der Waals surface area contributed by atoms with Crippen LogP contribution in [0.5, 0.6) is 0 Å². The third-order valence-corrected chi connectivity index (χ3v) is 3.18. The number of nitrogens with zero attached hydrogens (tertiary/aromatic N) is 2. The average molecular weight is 890 g/mol. The molecule has 0 bridgehead atoms. The van der Waals surface area contributed by atoms with Gasteiger partial charge >= 0.3 is 12.2 Å². The number of carbonyl (C=O) groups is 2. The minimum Gasteiger partial charge on any atom is -0.450 e. The maximum Gasteiger partial charge on any atom is 0.409 e. The summed E-state index contributed by atoms with van der Waals surface area (Å²) in [5.41, 5.74) is 0. The molecule has 0 saturated heterocycles. The van der Waals surface area contributed by atoms with Gasteiger partial charge in [0.05, 0.1) is 13.2 Å². The van der Waals surface area contributed by atoms with Crippen LogP contribution in [0.3, 0.4) is 0 Å². The van der Waals surface area contributed by atoms with Crippen molar-refractivity contribution in [1.29, 1.82) is 0 Å². The summed E-state index contributed by atoms with van der Waals surface area (Å²) in [4.78, 5) is 23.7. The van der Waals surface area contributed by atoms with Gasteiger partial charge in [0.25, 0.3) is 0 Å². The van der Waals surface area contributed by atoms with Crippen LogP contribution in [-0.4, -0.2) is 103 Å². The first-order chi connectivity index (χ1) is 22.2. The molecule has 0 fully saturated rings. The number of benzene rings is 2. The van der Waals surface area contributed by atoms with Crippen molar-refractivity contribution in [2.75, 3.05) is 75.9 Å². The Bertz CT molecular complexity index is 539. The van der Waals surface area contributed by atoms with E-state index in [4.69, 9.17) is 5.11 Å². The summed E-state index contributed by atoms with van der Waals surface area (Å²) in [6.07, 6.45) is -0.569. The molecule has 2 amide bonds. The summed E-state index contributed by atoms with van der Waals surface area (Å²) < 4.78 is 18.3. The van der Waals surface area contributed by atoms with Gasteiger partial charge in [-0.05, 0) is 27.7 Å². The number of hydrogen-bond donors (Lipinski definition) is 1. The van der Waals surface area contributed by atoms with Crippen LogP contribution in [0.1, 0.15) is 83.1 Å². The van der Waals surface area contributed by atoms with E-state index in [0.717, 1.165) is 20.3 Å². The number of carbonyl (C=O) groups excluding carboxylic acids is 2. The quantitative estimate of drug-likeness (QED) is 0.327. The molecule has 281 valence electrons. The number of aliphatic hydroxyl groups is 1. The minimum absolute atomic E-state index is 0. The van der Waals surface area contributed by atoms with Crippen molar-refractivity contribution in [1.82, 2.24) is 9.80 Å². The van der Waals surface area contributed by atoms with Crippen molar-refractivity contribution in [3.8, 4) is 0 Å². The van der Waals surface area contributed by atoms with Gasteiger partial charge in [-0.15, -0.1) is 0 Å². The maximum atomic E-state index is 10.4. The van der Waals surface area contributed by atoms with Gasteiger partial charge in [-0.3, -0.25) is 0 Å². The van der Waals surface area contributed by atoms with Gasteiger partial charge in [0.2, 0.25) is 0 Å². The first-order valence-corrected chi connectivity index (χ1v) is 16.3. The smallest absolute Gasteiger partial charge is 0.409 e. The van der Waals surface area contributed by atoms with Gasteiger partial charge in [0.1, 0.15) is 0 Å². The molecule has 2 aromatic rings. The summed E-state index contributed by atoms with van der Waals surface area (Å²) in [7, 11) is 11.0. The third kappa shape index (κ3) is 115. The second-order valence-corrected chi connectivity index (χ2v) is 6.65. The Morgan fingerprint density at radius 1 is 0.447 bits per heavy atom. The standard InChI is InChI=1S/2C6H6.2C5H11NO2.2C3H8O.4C2H6.CH4O.Ac/c2*1-2-4-6-5-3-1;2*1-4-8-5(7)6(2)3;2*1-3-4-2;5*1-2;/h2*1-6H;2*4H2,1-3H3;2*3H2,1-2H3;4*1-2H3;2H,1H3;. The van der Waals surface area contributed by atoms with E-state index >= 15 is 0 Å². The van der Waals surface area contributed by atoms with Crippen molar-refractivity contribution < 1.29 is 77.7 Å². The summed E-state index contributed by atoms with van der Waals surface area (Å²) in [6.45, 7) is 26.0. The molecule has 0 aliphatic heterocycles. The predicted molar refractivity (Wildman–Crippen MR) is 203 cm³/mol. The van der Waals surface area contributed by atoms with Crippen LogP contribution >= 0.6 is 0 Å². The fraction of sp³-hybridized carbons (Fsp3) is 0.622. The van der Waals surface area contributed by atoms with Crippen molar-refractivity contribution in [2.45, 2.75) is 83.1 Å². The van der Waals surface area contributed by atoms with Gasteiger partial charge in [0.15, 0.2) is 0 Å². The number of ether oxygens (including phenoxy) is 4. The molecule has 0 unspecified atom stereocenters. The molecular formula is C37H78AcN2O7. The molecule has 0 aromatic heterocycles. The van der Waals surface area contributed by atoms with Gasteiger partial charge in [0, 0.05) is 107 Å². The zero-order valence-electron chi connectivity index (χ0n) is 34.1. The van der Waals surface area contributed by atoms with Crippen LogP contribution < -0.4 is 0 Å². The molecule has 1 radical (unpaired) electrons. The molecule has 2 aromatic carbocycles. The van der Waals surface area contributed by atoms with Crippen molar-refractivity contribution >= 4 is 12.2 Å². The number of rotatable bonds is 4. The zero-order valence-corrected chi connectivity index (χ0v) is 38.9. The van der Waals surface area contributed by atoms with Crippen LogP contribution in [0, 0.1) is 44.1 Å². The maximum absolute atomic E-state index is 10.4. The van der Waals surface area contributed by atoms with Gasteiger partial charge in [-0.1, -0.05) is 128 Å². The molecule has 0 spiro atoms. The molecule has 0 saturated carbocycles. The summed E-state index contributed by atoms with van der Waals surface area (Å²) in [5, 5.41) is 7.00. The molecule has 9 nitrogen and oxygen atoms in total. The summed E-state index contributed by atoms with van der Waals surface area (Å²) >= 11 is 0. The molecule has 0 atom stereocenters. The molecular weight excluding hydrogens is 811 g/mol. The average Bonchev–Trinajstić information content (AvgIpc) is 3.15. The first-order valence-electron chi connectivity index (χ1n) is 16.3. The fourth-order valence-corrected chi connectivity index (χ4v) is 1.27. The predicted octanol–water partition coefficient (Wildman–Crippen LogP) is 9.80. The Kier molecular flexibility index (Phi) is 137. The Balaban J connectivity index is -0.0000000417. The molecule has 0 aliphatic carbocycles. The SMILES string of the molecule is CC.CC.CC.CC.CCOC.CCOC.CCOC(=O)N(C)C.CCOC(=O)N(C)C.CO.[Ac].c1ccccc1.c1ccccc1. The monoisotopic (exact) mass is 890 g/mol. The number of hydrogen-bond acceptors (Lipinski definition) is 7. The Labute approximate surface area is 329 Å². The normalized spacial score (nSPS) is 6.81. The van der Waals surface area contributed by atoms with Crippen LogP contribution in [0.25, 0.3) is 0 Å². The summed E-state index contributed by atoms with van der Waals surface area (Å²) in [5.74, 6) is 0. The Hall–Kier alpha value is -1.70. The van der Waals surface area contributed by atoms with E-state index in [9.17, 15) is 9.59 Å². The second-order valence-electron chi connectivity index (χ2n) is 6.65. The van der Waals surface area contributed by atoms with E-state index in [-0.39, 0.29) is 56.2 Å². The number of methoxy groups -OCH3 is 2. The van der Waals surface area contributed by atoms with Crippen molar-refractivity contribution in [3.63, 3.8) is 0 Å². The summed E-state index contributed by atoms with van der Waals surface area (Å²) in [6, 6.07) is 24.0. The Morgan fingerprint density at radius 3 is 0.617 bits per heavy atom. The van der Waals surface area contributed by atoms with E-state index in [1.165, 1.54) is 9.80 Å². The topological polar surface area (TPSA) is 97.8 Å². The van der Waals surface area contributed by atoms with Gasteiger partial charge in [-0.2, -0.15) is 0 Å². The van der Waals surface area contributed by atoms with Crippen LogP contribution in [0.15, 0.2) is 72.8 Å². The minimum atomic E-state index is -0.285. The van der Waals surface area contributed by atoms with Gasteiger partial charge < -0.3 is 33.9 Å². The van der Waals surface area contributed by atoms with Crippen LogP contribution in [0.2, 0.25) is 0 Å². The van der Waals surface area contributed by atoms with E-state index in [2.05, 4.69) is 18.9 Å². The van der Waals surface area contributed by atoms with E-state index in [1.54, 1.807) is 56.3 Å². The number of amides is 2. The number of aliphatic hydroxyl groups excluding tert-OH is 1. The molecule has 2 rings (SSSR count). The molecule has 47 heavy (non-hydrogen) atoms. The van der Waals surface area contributed by atoms with Crippen molar-refractivity contribution in [2.24, 2.45) is 0 Å². The van der Waals surface area contributed by atoms with Crippen LogP contribution in [0.4, 0.5) is 9.59 Å². The zero-order chi connectivity index (χ0) is 38.5. The molecule has 0 aliphatic rings. The first kappa shape index (κ1) is 71.3. The van der Waals surface area contributed by atoms with Crippen LogP contribution in [-0.2, 0) is 18.9 Å². The fourth-order valence-electron chi connectivity index (χ4n) is 1.27. The Morgan fingerprint density at radius 2 is 0.574 bits per heavy atom. The van der Waals surface area contributed by atoms with E-state index in [0.29, 0.717) is 13.2 Å². The second kappa shape index (κ2) is 90.5. The van der Waals surface area contributed by atoms with E-state index in [1.807, 2.05) is 142 Å².